The minimum atomic E-state index is -3.81. The highest BCUT2D eigenvalue weighted by Gasteiger charge is 2.24. The lowest BCUT2D eigenvalue weighted by Gasteiger charge is -2.07. The Balaban J connectivity index is 2.40. The Hall–Kier alpha value is -1.93. The summed E-state index contributed by atoms with van der Waals surface area (Å²) in [6, 6.07) is 4.88. The standard InChI is InChI=1S/C10H12N4O3S/c1-7-10(8(6-15)13-12-7)18(16,17)14-9-4-2-3-5-11-9/h2-5,15H,6H2,1H3,(H,11,14)(H,12,13). The lowest BCUT2D eigenvalue weighted by molar-refractivity contribution is 0.273. The third-order valence-corrected chi connectivity index (χ3v) is 3.84. The summed E-state index contributed by atoms with van der Waals surface area (Å²) in [5.41, 5.74) is 0.443. The summed E-state index contributed by atoms with van der Waals surface area (Å²) in [5.74, 6) is 0.210. The van der Waals surface area contributed by atoms with E-state index in [1.54, 1.807) is 19.1 Å². The van der Waals surface area contributed by atoms with E-state index in [-0.39, 0.29) is 16.4 Å². The zero-order valence-corrected chi connectivity index (χ0v) is 10.4. The van der Waals surface area contributed by atoms with Crippen LogP contribution < -0.4 is 4.72 Å². The molecule has 7 nitrogen and oxygen atoms in total. The van der Waals surface area contributed by atoms with E-state index in [1.165, 1.54) is 12.3 Å². The second kappa shape index (κ2) is 4.75. The Morgan fingerprint density at radius 2 is 2.22 bits per heavy atom. The van der Waals surface area contributed by atoms with Crippen molar-refractivity contribution in [3.8, 4) is 0 Å². The highest BCUT2D eigenvalue weighted by Crippen LogP contribution is 2.20. The van der Waals surface area contributed by atoms with Crippen LogP contribution in [-0.2, 0) is 16.6 Å². The van der Waals surface area contributed by atoms with Gasteiger partial charge in [-0.05, 0) is 19.1 Å². The molecule has 3 N–H and O–H groups in total. The zero-order valence-electron chi connectivity index (χ0n) is 9.58. The summed E-state index contributed by atoms with van der Waals surface area (Å²) in [7, 11) is -3.81. The molecule has 0 aromatic carbocycles. The van der Waals surface area contributed by atoms with E-state index in [4.69, 9.17) is 5.11 Å². The summed E-state index contributed by atoms with van der Waals surface area (Å²) in [6.45, 7) is 1.11. The van der Waals surface area contributed by atoms with E-state index in [0.29, 0.717) is 5.69 Å². The number of anilines is 1. The van der Waals surface area contributed by atoms with Crippen LogP contribution in [0.15, 0.2) is 29.3 Å². The first kappa shape index (κ1) is 12.5. The maximum Gasteiger partial charge on any atom is 0.266 e. The van der Waals surface area contributed by atoms with Crippen molar-refractivity contribution in [2.24, 2.45) is 0 Å². The first-order valence-corrected chi connectivity index (χ1v) is 6.61. The number of rotatable bonds is 4. The number of H-pyrrole nitrogens is 1. The van der Waals surface area contributed by atoms with Crippen molar-refractivity contribution in [2.45, 2.75) is 18.4 Å². The van der Waals surface area contributed by atoms with Gasteiger partial charge in [0.25, 0.3) is 10.0 Å². The minimum absolute atomic E-state index is 0.0457. The number of aromatic nitrogens is 3. The second-order valence-corrected chi connectivity index (χ2v) is 5.22. The molecule has 0 amide bonds. The van der Waals surface area contributed by atoms with Gasteiger partial charge in [0.05, 0.1) is 12.3 Å². The maximum atomic E-state index is 12.1. The van der Waals surface area contributed by atoms with Gasteiger partial charge in [0.2, 0.25) is 0 Å². The van der Waals surface area contributed by atoms with E-state index < -0.39 is 16.6 Å². The molecule has 0 atom stereocenters. The van der Waals surface area contributed by atoms with Crippen LogP contribution in [-0.4, -0.2) is 28.7 Å². The summed E-state index contributed by atoms with van der Waals surface area (Å²) in [5, 5.41) is 15.3. The Bertz CT molecular complexity index is 636. The highest BCUT2D eigenvalue weighted by molar-refractivity contribution is 7.92. The molecular weight excluding hydrogens is 256 g/mol. The Labute approximate surface area is 104 Å². The van der Waals surface area contributed by atoms with Crippen molar-refractivity contribution in [1.82, 2.24) is 15.2 Å². The largest absolute Gasteiger partial charge is 0.390 e. The molecule has 2 rings (SSSR count). The van der Waals surface area contributed by atoms with E-state index in [1.807, 2.05) is 0 Å². The van der Waals surface area contributed by atoms with Gasteiger partial charge in [0, 0.05) is 6.20 Å². The number of sulfonamides is 1. The summed E-state index contributed by atoms with van der Waals surface area (Å²) >= 11 is 0. The fourth-order valence-electron chi connectivity index (χ4n) is 1.54. The van der Waals surface area contributed by atoms with Gasteiger partial charge < -0.3 is 5.11 Å². The smallest absolute Gasteiger partial charge is 0.266 e. The molecule has 2 heterocycles. The molecule has 0 aliphatic heterocycles. The van der Waals surface area contributed by atoms with Crippen molar-refractivity contribution in [3.63, 3.8) is 0 Å². The van der Waals surface area contributed by atoms with Gasteiger partial charge in [-0.15, -0.1) is 0 Å². The Morgan fingerprint density at radius 3 is 2.83 bits per heavy atom. The monoisotopic (exact) mass is 268 g/mol. The van der Waals surface area contributed by atoms with Gasteiger partial charge in [-0.1, -0.05) is 6.07 Å². The van der Waals surface area contributed by atoms with Crippen molar-refractivity contribution in [2.75, 3.05) is 4.72 Å². The molecule has 0 bridgehead atoms. The zero-order chi connectivity index (χ0) is 13.2. The van der Waals surface area contributed by atoms with Crippen LogP contribution in [0.3, 0.4) is 0 Å². The van der Waals surface area contributed by atoms with Crippen molar-refractivity contribution >= 4 is 15.8 Å². The van der Waals surface area contributed by atoms with Crippen LogP contribution in [0.2, 0.25) is 0 Å². The number of hydrogen-bond donors (Lipinski definition) is 3. The average Bonchev–Trinajstić information content (AvgIpc) is 2.72. The highest BCUT2D eigenvalue weighted by atomic mass is 32.2. The van der Waals surface area contributed by atoms with Gasteiger partial charge in [0.1, 0.15) is 16.4 Å². The van der Waals surface area contributed by atoms with Crippen LogP contribution in [0.4, 0.5) is 5.82 Å². The first-order chi connectivity index (χ1) is 8.54. The number of nitrogens with zero attached hydrogens (tertiary/aromatic N) is 2. The maximum absolute atomic E-state index is 12.1. The number of nitrogens with one attached hydrogen (secondary N) is 2. The van der Waals surface area contributed by atoms with Crippen LogP contribution in [0.5, 0.6) is 0 Å². The van der Waals surface area contributed by atoms with E-state index >= 15 is 0 Å². The molecule has 0 unspecified atom stereocenters. The molecular formula is C10H12N4O3S. The molecule has 18 heavy (non-hydrogen) atoms. The van der Waals surface area contributed by atoms with Crippen LogP contribution in [0.1, 0.15) is 11.4 Å². The fraction of sp³-hybridized carbons (Fsp3) is 0.200. The number of aromatic amines is 1. The number of hydrogen-bond acceptors (Lipinski definition) is 5. The fourth-order valence-corrected chi connectivity index (χ4v) is 2.91. The van der Waals surface area contributed by atoms with Crippen LogP contribution in [0, 0.1) is 6.92 Å². The molecule has 96 valence electrons. The molecule has 0 aliphatic carbocycles. The van der Waals surface area contributed by atoms with Crippen LogP contribution in [0.25, 0.3) is 0 Å². The minimum Gasteiger partial charge on any atom is -0.390 e. The van der Waals surface area contributed by atoms with E-state index in [9.17, 15) is 8.42 Å². The Morgan fingerprint density at radius 1 is 1.44 bits per heavy atom. The molecule has 2 aromatic rings. The predicted molar refractivity (Wildman–Crippen MR) is 64.3 cm³/mol. The SMILES string of the molecule is Cc1[nH]nc(CO)c1S(=O)(=O)Nc1ccccn1. The van der Waals surface area contributed by atoms with Gasteiger partial charge in [0.15, 0.2) is 0 Å². The molecule has 0 aliphatic rings. The molecule has 0 spiro atoms. The van der Waals surface area contributed by atoms with Gasteiger partial charge >= 0.3 is 0 Å². The number of aliphatic hydroxyl groups excluding tert-OH is 1. The van der Waals surface area contributed by atoms with Crippen molar-refractivity contribution in [1.29, 1.82) is 0 Å². The molecule has 0 saturated carbocycles. The van der Waals surface area contributed by atoms with Gasteiger partial charge in [-0.3, -0.25) is 9.82 Å². The first-order valence-electron chi connectivity index (χ1n) is 5.13. The lowest BCUT2D eigenvalue weighted by Crippen LogP contribution is -2.16. The quantitative estimate of drug-likeness (QED) is 0.744. The number of aryl methyl sites for hydroxylation is 1. The summed E-state index contributed by atoms with van der Waals surface area (Å²) < 4.78 is 26.6. The van der Waals surface area contributed by atoms with E-state index in [0.717, 1.165) is 0 Å². The predicted octanol–water partition coefficient (Wildman–Crippen LogP) is 0.406. The van der Waals surface area contributed by atoms with E-state index in [2.05, 4.69) is 19.9 Å². The molecule has 0 saturated heterocycles. The molecule has 0 radical (unpaired) electrons. The van der Waals surface area contributed by atoms with Gasteiger partial charge in [-0.2, -0.15) is 5.10 Å². The summed E-state index contributed by atoms with van der Waals surface area (Å²) in [6.07, 6.45) is 1.48. The molecule has 2 aromatic heterocycles. The normalized spacial score (nSPS) is 11.4. The second-order valence-electron chi connectivity index (χ2n) is 3.60. The number of aliphatic hydroxyl groups is 1. The van der Waals surface area contributed by atoms with Crippen LogP contribution >= 0.6 is 0 Å². The third-order valence-electron chi connectivity index (χ3n) is 2.28. The Kier molecular flexibility index (Phi) is 3.30. The lowest BCUT2D eigenvalue weighted by atomic mass is 10.4. The number of pyridine rings is 1. The molecule has 0 fully saturated rings. The topological polar surface area (TPSA) is 108 Å². The summed E-state index contributed by atoms with van der Waals surface area (Å²) in [4.78, 5) is 3.83. The average molecular weight is 268 g/mol. The molecule has 8 heteroatoms. The van der Waals surface area contributed by atoms with Gasteiger partial charge in [-0.25, -0.2) is 13.4 Å². The van der Waals surface area contributed by atoms with Crippen molar-refractivity contribution in [3.05, 3.63) is 35.8 Å². The third kappa shape index (κ3) is 2.34. The van der Waals surface area contributed by atoms with Crippen molar-refractivity contribution < 1.29 is 13.5 Å².